The summed E-state index contributed by atoms with van der Waals surface area (Å²) in [6, 6.07) is 1.40. The van der Waals surface area contributed by atoms with Gasteiger partial charge in [-0.25, -0.2) is 9.97 Å². The zero-order valence-electron chi connectivity index (χ0n) is 11.2. The molecule has 0 bridgehead atoms. The summed E-state index contributed by atoms with van der Waals surface area (Å²) in [5, 5.41) is 11.8. The van der Waals surface area contributed by atoms with Gasteiger partial charge in [0.15, 0.2) is 0 Å². The molecule has 0 radical (unpaired) electrons. The van der Waals surface area contributed by atoms with E-state index in [1.807, 2.05) is 0 Å². The van der Waals surface area contributed by atoms with Crippen molar-refractivity contribution in [2.45, 2.75) is 25.6 Å². The van der Waals surface area contributed by atoms with Crippen molar-refractivity contribution in [1.82, 2.24) is 9.97 Å². The molecular weight excluding hydrogens is 261 g/mol. The van der Waals surface area contributed by atoms with Crippen LogP contribution in [0, 0.1) is 0 Å². The van der Waals surface area contributed by atoms with E-state index in [0.29, 0.717) is 0 Å². The van der Waals surface area contributed by atoms with Gasteiger partial charge in [-0.2, -0.15) is 13.2 Å². The predicted octanol–water partition coefficient (Wildman–Crippen LogP) is 1.74. The molecule has 1 heterocycles. The van der Waals surface area contributed by atoms with Crippen LogP contribution in [0.1, 0.15) is 19.7 Å². The third kappa shape index (κ3) is 3.46. The van der Waals surface area contributed by atoms with E-state index in [2.05, 4.69) is 15.3 Å². The molecule has 8 heteroatoms. The minimum atomic E-state index is -4.62. The lowest BCUT2D eigenvalue weighted by atomic mass is 10.1. The lowest BCUT2D eigenvalue weighted by molar-refractivity contribution is -0.144. The molecule has 1 rings (SSSR count). The summed E-state index contributed by atoms with van der Waals surface area (Å²) in [5.74, 6) is -1.06. The number of aliphatic hydroxyl groups excluding tert-OH is 1. The summed E-state index contributed by atoms with van der Waals surface area (Å²) >= 11 is 0. The van der Waals surface area contributed by atoms with Gasteiger partial charge in [0.05, 0.1) is 12.1 Å². The predicted molar refractivity (Wildman–Crippen MR) is 66.1 cm³/mol. The Balaban J connectivity index is 3.28. The number of aromatic nitrogens is 2. The van der Waals surface area contributed by atoms with E-state index in [0.717, 1.165) is 0 Å². The van der Waals surface area contributed by atoms with Crippen molar-refractivity contribution < 1.29 is 18.3 Å². The first-order valence-electron chi connectivity index (χ1n) is 5.60. The fraction of sp³-hybridized carbons (Fsp3) is 0.636. The minimum absolute atomic E-state index is 0.0675. The Morgan fingerprint density at radius 3 is 2.32 bits per heavy atom. The highest BCUT2D eigenvalue weighted by Crippen LogP contribution is 2.30. The largest absolute Gasteiger partial charge is 0.451 e. The summed E-state index contributed by atoms with van der Waals surface area (Å²) < 4.78 is 38.1. The van der Waals surface area contributed by atoms with E-state index in [4.69, 9.17) is 0 Å². The van der Waals surface area contributed by atoms with Gasteiger partial charge in [-0.15, -0.1) is 0 Å². The molecule has 0 aliphatic carbocycles. The molecule has 1 aromatic rings. The first-order chi connectivity index (χ1) is 8.61. The molecule has 0 aliphatic rings. The normalized spacial score (nSPS) is 12.4. The third-order valence-electron chi connectivity index (χ3n) is 2.86. The average molecular weight is 278 g/mol. The van der Waals surface area contributed by atoms with Crippen molar-refractivity contribution >= 4 is 11.6 Å². The molecule has 2 N–H and O–H groups in total. The van der Waals surface area contributed by atoms with Crippen molar-refractivity contribution in [2.24, 2.45) is 0 Å². The number of halogens is 3. The summed E-state index contributed by atoms with van der Waals surface area (Å²) in [7, 11) is 3.04. The van der Waals surface area contributed by atoms with Gasteiger partial charge in [-0.1, -0.05) is 0 Å². The van der Waals surface area contributed by atoms with Crippen LogP contribution in [0.25, 0.3) is 0 Å². The highest BCUT2D eigenvalue weighted by molar-refractivity contribution is 5.50. The number of rotatable bonds is 4. The zero-order valence-corrected chi connectivity index (χ0v) is 11.2. The van der Waals surface area contributed by atoms with Crippen LogP contribution in [-0.2, 0) is 6.18 Å². The fourth-order valence-electron chi connectivity index (χ4n) is 1.28. The highest BCUT2D eigenvalue weighted by atomic mass is 19.4. The van der Waals surface area contributed by atoms with E-state index in [1.54, 1.807) is 20.9 Å². The van der Waals surface area contributed by atoms with Crippen LogP contribution in [0.15, 0.2) is 6.07 Å². The molecule has 1 aromatic heterocycles. The van der Waals surface area contributed by atoms with Crippen LogP contribution in [0.5, 0.6) is 0 Å². The second-order valence-electron chi connectivity index (χ2n) is 4.71. The quantitative estimate of drug-likeness (QED) is 0.878. The first kappa shape index (κ1) is 15.5. The van der Waals surface area contributed by atoms with Crippen molar-refractivity contribution in [3.05, 3.63) is 11.9 Å². The summed E-state index contributed by atoms with van der Waals surface area (Å²) in [4.78, 5) is 8.36. The van der Waals surface area contributed by atoms with E-state index >= 15 is 0 Å². The monoisotopic (exact) mass is 278 g/mol. The summed E-state index contributed by atoms with van der Waals surface area (Å²) in [5.41, 5.74) is -0.734. The standard InChI is InChI=1S/C11H17F3N4O/c1-10(2,6-19)18(4)8-5-7(15-3)16-9(17-8)11(12,13)14/h5,19H,6H2,1-4H3,(H,15,16,17). The SMILES string of the molecule is CNc1cc(N(C)C(C)(C)CO)nc(C(F)(F)F)n1. The summed E-state index contributed by atoms with van der Waals surface area (Å²) in [6.45, 7) is 3.17. The van der Waals surface area contributed by atoms with E-state index < -0.39 is 17.5 Å². The number of likely N-dealkylation sites (N-methyl/N-ethyl adjacent to an activating group) is 1. The van der Waals surface area contributed by atoms with Crippen molar-refractivity contribution in [2.75, 3.05) is 30.9 Å². The Bertz CT molecular complexity index is 448. The third-order valence-corrected chi connectivity index (χ3v) is 2.86. The van der Waals surface area contributed by atoms with Crippen LogP contribution >= 0.6 is 0 Å². The minimum Gasteiger partial charge on any atom is -0.394 e. The second-order valence-corrected chi connectivity index (χ2v) is 4.71. The van der Waals surface area contributed by atoms with Gasteiger partial charge >= 0.3 is 6.18 Å². The van der Waals surface area contributed by atoms with Gasteiger partial charge in [0.25, 0.3) is 0 Å². The topological polar surface area (TPSA) is 61.3 Å². The Morgan fingerprint density at radius 2 is 1.89 bits per heavy atom. The Hall–Kier alpha value is -1.57. The highest BCUT2D eigenvalue weighted by Gasteiger charge is 2.36. The average Bonchev–Trinajstić information content (AvgIpc) is 2.36. The molecule has 0 unspecified atom stereocenters. The molecule has 0 fully saturated rings. The Labute approximate surface area is 109 Å². The van der Waals surface area contributed by atoms with Gasteiger partial charge in [-0.05, 0) is 13.8 Å². The van der Waals surface area contributed by atoms with Crippen LogP contribution in [0.4, 0.5) is 24.8 Å². The zero-order chi connectivity index (χ0) is 14.8. The van der Waals surface area contributed by atoms with Crippen LogP contribution < -0.4 is 10.2 Å². The maximum atomic E-state index is 12.7. The van der Waals surface area contributed by atoms with Gasteiger partial charge in [0.1, 0.15) is 11.6 Å². The lowest BCUT2D eigenvalue weighted by Gasteiger charge is -2.35. The maximum Gasteiger partial charge on any atom is 0.451 e. The molecule has 0 atom stereocenters. The number of anilines is 2. The van der Waals surface area contributed by atoms with Crippen LogP contribution in [0.3, 0.4) is 0 Å². The smallest absolute Gasteiger partial charge is 0.394 e. The van der Waals surface area contributed by atoms with E-state index in [9.17, 15) is 18.3 Å². The first-order valence-corrected chi connectivity index (χ1v) is 5.60. The molecule has 19 heavy (non-hydrogen) atoms. The Morgan fingerprint density at radius 1 is 1.32 bits per heavy atom. The van der Waals surface area contributed by atoms with Gasteiger partial charge in [0.2, 0.25) is 5.82 Å². The number of alkyl halides is 3. The molecule has 0 aliphatic heterocycles. The number of nitrogens with one attached hydrogen (secondary N) is 1. The molecule has 0 aromatic carbocycles. The summed E-state index contributed by atoms with van der Waals surface area (Å²) in [6.07, 6.45) is -4.62. The van der Waals surface area contributed by atoms with Crippen molar-refractivity contribution in [3.8, 4) is 0 Å². The van der Waals surface area contributed by atoms with Gasteiger partial charge in [0, 0.05) is 20.2 Å². The van der Waals surface area contributed by atoms with Gasteiger partial charge < -0.3 is 15.3 Å². The fourth-order valence-corrected chi connectivity index (χ4v) is 1.28. The number of aliphatic hydroxyl groups is 1. The second kappa shape index (κ2) is 5.20. The van der Waals surface area contributed by atoms with Crippen LogP contribution in [-0.4, -0.2) is 41.3 Å². The number of nitrogens with zero attached hydrogens (tertiary/aromatic N) is 3. The molecule has 0 saturated carbocycles. The maximum absolute atomic E-state index is 12.7. The van der Waals surface area contributed by atoms with Crippen molar-refractivity contribution in [3.63, 3.8) is 0 Å². The van der Waals surface area contributed by atoms with Gasteiger partial charge in [-0.3, -0.25) is 0 Å². The number of hydrogen-bond acceptors (Lipinski definition) is 5. The molecule has 0 amide bonds. The molecule has 108 valence electrons. The van der Waals surface area contributed by atoms with E-state index in [1.165, 1.54) is 18.0 Å². The molecule has 0 spiro atoms. The van der Waals surface area contributed by atoms with E-state index in [-0.39, 0.29) is 18.2 Å². The van der Waals surface area contributed by atoms with Crippen LogP contribution in [0.2, 0.25) is 0 Å². The Kier molecular flexibility index (Phi) is 4.24. The lowest BCUT2D eigenvalue weighted by Crippen LogP contribution is -2.45. The van der Waals surface area contributed by atoms with Crippen molar-refractivity contribution in [1.29, 1.82) is 0 Å². The molecule has 0 saturated heterocycles. The molecule has 5 nitrogen and oxygen atoms in total. The molecular formula is C11H17F3N4O. The number of hydrogen-bond donors (Lipinski definition) is 2.